The smallest absolute Gasteiger partial charge is 0.255 e. The second-order valence-electron chi connectivity index (χ2n) is 12.2. The minimum atomic E-state index is -1.00. The summed E-state index contributed by atoms with van der Waals surface area (Å²) in [4.78, 5) is 33.9. The molecular formula is C34H47N3O6. The molecule has 43 heavy (non-hydrogen) atoms. The third-order valence-corrected chi connectivity index (χ3v) is 9.72. The zero-order valence-corrected chi connectivity index (χ0v) is 26.2. The van der Waals surface area contributed by atoms with Gasteiger partial charge in [0.2, 0.25) is 5.91 Å². The number of hydrogen-bond acceptors (Lipinski definition) is 7. The summed E-state index contributed by atoms with van der Waals surface area (Å²) in [6, 6.07) is 11.1. The van der Waals surface area contributed by atoms with Crippen LogP contribution in [0.25, 0.3) is 0 Å². The minimum absolute atomic E-state index is 0.162. The number of amides is 2. The van der Waals surface area contributed by atoms with Gasteiger partial charge in [-0.3, -0.25) is 9.59 Å². The van der Waals surface area contributed by atoms with Gasteiger partial charge in [0.05, 0.1) is 28.4 Å². The number of methoxy groups -OCH3 is 4. The molecule has 9 nitrogen and oxygen atoms in total. The Hall–Kier alpha value is -3.46. The van der Waals surface area contributed by atoms with Gasteiger partial charge in [-0.1, -0.05) is 25.7 Å². The van der Waals surface area contributed by atoms with E-state index in [-0.39, 0.29) is 11.8 Å². The van der Waals surface area contributed by atoms with Crippen LogP contribution in [0.3, 0.4) is 0 Å². The van der Waals surface area contributed by atoms with Crippen molar-refractivity contribution in [3.05, 3.63) is 42.0 Å². The van der Waals surface area contributed by atoms with Gasteiger partial charge in [-0.15, -0.1) is 0 Å². The highest BCUT2D eigenvalue weighted by Crippen LogP contribution is 2.40. The van der Waals surface area contributed by atoms with E-state index in [1.807, 2.05) is 4.90 Å². The van der Waals surface area contributed by atoms with E-state index in [1.54, 1.807) is 64.8 Å². The first-order chi connectivity index (χ1) is 20.9. The molecule has 1 aliphatic carbocycles. The van der Waals surface area contributed by atoms with Crippen LogP contribution in [0.2, 0.25) is 0 Å². The molecule has 0 radical (unpaired) electrons. The van der Waals surface area contributed by atoms with Crippen molar-refractivity contribution in [1.82, 2.24) is 9.80 Å². The Balaban J connectivity index is 1.56. The van der Waals surface area contributed by atoms with Gasteiger partial charge in [0, 0.05) is 48.1 Å². The maximum Gasteiger partial charge on any atom is 0.255 e. The maximum absolute atomic E-state index is 14.8. The Morgan fingerprint density at radius 1 is 0.767 bits per heavy atom. The van der Waals surface area contributed by atoms with Crippen molar-refractivity contribution in [2.75, 3.05) is 53.4 Å². The molecule has 2 aromatic carbocycles. The molecule has 2 atom stereocenters. The molecule has 2 saturated heterocycles. The van der Waals surface area contributed by atoms with Crippen molar-refractivity contribution in [2.24, 2.45) is 5.92 Å². The highest BCUT2D eigenvalue weighted by atomic mass is 16.5. The fourth-order valence-electron chi connectivity index (χ4n) is 7.45. The van der Waals surface area contributed by atoms with Crippen LogP contribution in [0.15, 0.2) is 36.4 Å². The second kappa shape index (κ2) is 13.9. The van der Waals surface area contributed by atoms with Crippen molar-refractivity contribution in [1.29, 1.82) is 0 Å². The standard InChI is InChI=1S/C34H47N3O6/c1-40-27-17-25(18-28(21-27)41-2)32(38)37(23-24-11-10-16-36-15-9-6-12-31(24)36)34(13-7-5-8-14-34)33(39)35-26-19-29(42-3)22-30(20-26)43-4/h17-22,24,31H,5-16,23H2,1-4H3,(H,35,39)/t24-,31+/m0/s1. The summed E-state index contributed by atoms with van der Waals surface area (Å²) in [6.45, 7) is 2.77. The minimum Gasteiger partial charge on any atom is -0.497 e. The summed E-state index contributed by atoms with van der Waals surface area (Å²) >= 11 is 0. The van der Waals surface area contributed by atoms with Crippen LogP contribution in [-0.2, 0) is 4.79 Å². The summed E-state index contributed by atoms with van der Waals surface area (Å²) in [5.41, 5.74) is 0.0462. The molecule has 9 heteroatoms. The Morgan fingerprint density at radius 2 is 1.35 bits per heavy atom. The number of benzene rings is 2. The molecule has 2 aliphatic heterocycles. The fourth-order valence-corrected chi connectivity index (χ4v) is 7.45. The van der Waals surface area contributed by atoms with Crippen molar-refractivity contribution >= 4 is 17.5 Å². The molecule has 3 aliphatic rings. The monoisotopic (exact) mass is 593 g/mol. The van der Waals surface area contributed by atoms with Gasteiger partial charge < -0.3 is 34.1 Å². The highest BCUT2D eigenvalue weighted by Gasteiger charge is 2.49. The average molecular weight is 594 g/mol. The van der Waals surface area contributed by atoms with Crippen LogP contribution >= 0.6 is 0 Å². The molecule has 0 spiro atoms. The third kappa shape index (κ3) is 6.71. The molecule has 234 valence electrons. The lowest BCUT2D eigenvalue weighted by molar-refractivity contribution is -0.129. The molecule has 0 bridgehead atoms. The van der Waals surface area contributed by atoms with Crippen LogP contribution in [-0.4, -0.2) is 81.3 Å². The number of fused-ring (bicyclic) bond motifs is 1. The summed E-state index contributed by atoms with van der Waals surface area (Å²) < 4.78 is 22.0. The van der Waals surface area contributed by atoms with E-state index >= 15 is 0 Å². The molecule has 1 N–H and O–H groups in total. The lowest BCUT2D eigenvalue weighted by Crippen LogP contribution is -2.62. The number of hydrogen-bond donors (Lipinski definition) is 1. The molecule has 2 aromatic rings. The van der Waals surface area contributed by atoms with E-state index < -0.39 is 5.54 Å². The molecule has 3 fully saturated rings. The van der Waals surface area contributed by atoms with E-state index in [0.717, 1.165) is 51.6 Å². The normalized spacial score (nSPS) is 21.7. The first kappa shape index (κ1) is 31.0. The first-order valence-electron chi connectivity index (χ1n) is 15.7. The van der Waals surface area contributed by atoms with E-state index in [2.05, 4.69) is 10.2 Å². The van der Waals surface area contributed by atoms with E-state index in [1.165, 1.54) is 12.8 Å². The third-order valence-electron chi connectivity index (χ3n) is 9.72. The SMILES string of the molecule is COc1cc(NC(=O)C2(N(C[C@@H]3CCCN4CCCC[C@H]34)C(=O)c3cc(OC)cc(OC)c3)CCCCC2)cc(OC)c1. The number of nitrogens with one attached hydrogen (secondary N) is 1. The Kier molecular flexibility index (Phi) is 10.0. The number of anilines is 1. The number of nitrogens with zero attached hydrogens (tertiary/aromatic N) is 2. The molecule has 2 amide bonds. The molecule has 0 aromatic heterocycles. The van der Waals surface area contributed by atoms with E-state index in [4.69, 9.17) is 18.9 Å². The van der Waals surface area contributed by atoms with Gasteiger partial charge in [-0.05, 0) is 69.7 Å². The van der Waals surface area contributed by atoms with Crippen LogP contribution in [0, 0.1) is 5.92 Å². The number of carbonyl (C=O) groups excluding carboxylic acids is 2. The Labute approximate surface area is 255 Å². The highest BCUT2D eigenvalue weighted by molar-refractivity contribution is 6.04. The van der Waals surface area contributed by atoms with Crippen LogP contribution in [0.5, 0.6) is 23.0 Å². The largest absolute Gasteiger partial charge is 0.497 e. The van der Waals surface area contributed by atoms with Gasteiger partial charge in [0.1, 0.15) is 28.5 Å². The Bertz CT molecular complexity index is 1230. The zero-order chi connectivity index (χ0) is 30.4. The van der Waals surface area contributed by atoms with E-state index in [0.29, 0.717) is 65.6 Å². The maximum atomic E-state index is 14.8. The predicted molar refractivity (Wildman–Crippen MR) is 167 cm³/mol. The molecule has 2 heterocycles. The number of ether oxygens (including phenoxy) is 4. The van der Waals surface area contributed by atoms with Gasteiger partial charge in [-0.25, -0.2) is 0 Å². The summed E-state index contributed by atoms with van der Waals surface area (Å²) in [6.07, 6.45) is 9.74. The lowest BCUT2D eigenvalue weighted by atomic mass is 9.76. The van der Waals surface area contributed by atoms with Crippen molar-refractivity contribution in [3.63, 3.8) is 0 Å². The molecule has 5 rings (SSSR count). The van der Waals surface area contributed by atoms with Crippen molar-refractivity contribution < 1.29 is 28.5 Å². The summed E-state index contributed by atoms with van der Waals surface area (Å²) in [5.74, 6) is 2.24. The number of carbonyl (C=O) groups is 2. The average Bonchev–Trinajstić information content (AvgIpc) is 3.06. The van der Waals surface area contributed by atoms with Crippen molar-refractivity contribution in [2.45, 2.75) is 75.8 Å². The van der Waals surface area contributed by atoms with Crippen LogP contribution in [0.4, 0.5) is 5.69 Å². The van der Waals surface area contributed by atoms with Crippen LogP contribution < -0.4 is 24.3 Å². The van der Waals surface area contributed by atoms with Gasteiger partial charge in [0.25, 0.3) is 5.91 Å². The van der Waals surface area contributed by atoms with Gasteiger partial charge >= 0.3 is 0 Å². The second-order valence-corrected chi connectivity index (χ2v) is 12.2. The number of piperidine rings is 2. The first-order valence-corrected chi connectivity index (χ1v) is 15.7. The quantitative estimate of drug-likeness (QED) is 0.374. The fraction of sp³-hybridized carbons (Fsp3) is 0.588. The van der Waals surface area contributed by atoms with Gasteiger partial charge in [0.15, 0.2) is 0 Å². The zero-order valence-electron chi connectivity index (χ0n) is 26.2. The Morgan fingerprint density at radius 3 is 1.95 bits per heavy atom. The van der Waals surface area contributed by atoms with Crippen molar-refractivity contribution in [3.8, 4) is 23.0 Å². The predicted octanol–water partition coefficient (Wildman–Crippen LogP) is 5.77. The van der Waals surface area contributed by atoms with Crippen LogP contribution in [0.1, 0.15) is 74.6 Å². The van der Waals surface area contributed by atoms with Gasteiger partial charge in [-0.2, -0.15) is 0 Å². The lowest BCUT2D eigenvalue weighted by Gasteiger charge is -2.50. The molecular weight excluding hydrogens is 546 g/mol. The molecule has 1 saturated carbocycles. The summed E-state index contributed by atoms with van der Waals surface area (Å²) in [5, 5.41) is 3.17. The van der Waals surface area contributed by atoms with E-state index in [9.17, 15) is 9.59 Å². The number of rotatable bonds is 10. The topological polar surface area (TPSA) is 89.6 Å². The molecule has 0 unspecified atom stereocenters. The summed E-state index contributed by atoms with van der Waals surface area (Å²) in [7, 11) is 6.34.